The van der Waals surface area contributed by atoms with Gasteiger partial charge >= 0.3 is 0 Å². The molecule has 2 N–H and O–H groups in total. The summed E-state index contributed by atoms with van der Waals surface area (Å²) in [5.41, 5.74) is 0. The molecule has 1 atom stereocenters. The van der Waals surface area contributed by atoms with E-state index in [0.717, 1.165) is 31.6 Å². The highest BCUT2D eigenvalue weighted by molar-refractivity contribution is 5.81. The number of aryl methyl sites for hydroxylation is 1. The number of carbonyl (C=O) groups is 1. The summed E-state index contributed by atoms with van der Waals surface area (Å²) in [6, 6.07) is -0.0109. The van der Waals surface area contributed by atoms with Crippen LogP contribution in [0, 0.1) is 0 Å². The third-order valence-electron chi connectivity index (χ3n) is 3.08. The van der Waals surface area contributed by atoms with Crippen LogP contribution in [0.3, 0.4) is 0 Å². The minimum Gasteiger partial charge on any atom is -0.354 e. The number of hydrogen-bond acceptors (Lipinski definition) is 4. The van der Waals surface area contributed by atoms with Gasteiger partial charge in [0.1, 0.15) is 12.2 Å². The molecule has 0 unspecified atom stereocenters. The highest BCUT2D eigenvalue weighted by Gasteiger charge is 2.19. The number of nitrogens with one attached hydrogen (secondary N) is 2. The summed E-state index contributed by atoms with van der Waals surface area (Å²) >= 11 is 0. The van der Waals surface area contributed by atoms with Crippen molar-refractivity contribution in [1.29, 1.82) is 0 Å². The van der Waals surface area contributed by atoms with Crippen LogP contribution < -0.4 is 10.6 Å². The van der Waals surface area contributed by atoms with Gasteiger partial charge in [0, 0.05) is 20.0 Å². The molecule has 1 amide bonds. The second-order valence-corrected chi connectivity index (χ2v) is 4.40. The van der Waals surface area contributed by atoms with E-state index in [1.54, 1.807) is 6.33 Å². The molecule has 1 aliphatic rings. The number of rotatable bonds is 4. The van der Waals surface area contributed by atoms with Gasteiger partial charge in [-0.3, -0.25) is 4.79 Å². The molecular formula is C11H19N5O. The highest BCUT2D eigenvalue weighted by atomic mass is 16.2. The fraction of sp³-hybridized carbons (Fsp3) is 0.727. The van der Waals surface area contributed by atoms with E-state index < -0.39 is 0 Å². The number of carbonyl (C=O) groups excluding carboxylic acids is 1. The van der Waals surface area contributed by atoms with Crippen LogP contribution in [0.15, 0.2) is 6.33 Å². The van der Waals surface area contributed by atoms with E-state index in [0.29, 0.717) is 6.54 Å². The third-order valence-corrected chi connectivity index (χ3v) is 3.08. The second-order valence-electron chi connectivity index (χ2n) is 4.40. The van der Waals surface area contributed by atoms with E-state index in [-0.39, 0.29) is 11.9 Å². The maximum atomic E-state index is 11.8. The monoisotopic (exact) mass is 237 g/mol. The highest BCUT2D eigenvalue weighted by Crippen LogP contribution is 2.06. The third kappa shape index (κ3) is 3.26. The van der Waals surface area contributed by atoms with Gasteiger partial charge in [0.2, 0.25) is 5.91 Å². The smallest absolute Gasteiger partial charge is 0.237 e. The summed E-state index contributed by atoms with van der Waals surface area (Å²) in [5.74, 6) is 0.994. The summed E-state index contributed by atoms with van der Waals surface area (Å²) < 4.78 is 1.87. The fourth-order valence-electron chi connectivity index (χ4n) is 2.03. The van der Waals surface area contributed by atoms with Crippen LogP contribution in [0.5, 0.6) is 0 Å². The second kappa shape index (κ2) is 5.77. The van der Waals surface area contributed by atoms with Crippen molar-refractivity contribution in [2.24, 2.45) is 7.05 Å². The molecule has 2 heterocycles. The van der Waals surface area contributed by atoms with E-state index in [9.17, 15) is 4.79 Å². The number of aromatic nitrogens is 3. The van der Waals surface area contributed by atoms with Gasteiger partial charge in [-0.25, -0.2) is 0 Å². The summed E-state index contributed by atoms with van der Waals surface area (Å²) in [4.78, 5) is 11.8. The van der Waals surface area contributed by atoms with Crippen molar-refractivity contribution < 1.29 is 4.79 Å². The van der Waals surface area contributed by atoms with Crippen molar-refractivity contribution in [3.8, 4) is 0 Å². The maximum Gasteiger partial charge on any atom is 0.237 e. The summed E-state index contributed by atoms with van der Waals surface area (Å²) in [5, 5.41) is 13.9. The van der Waals surface area contributed by atoms with Gasteiger partial charge in [0.05, 0.1) is 6.04 Å². The molecule has 0 radical (unpaired) electrons. The first-order valence-electron chi connectivity index (χ1n) is 6.11. The Balaban J connectivity index is 1.71. The van der Waals surface area contributed by atoms with Crippen molar-refractivity contribution in [2.75, 3.05) is 13.1 Å². The van der Waals surface area contributed by atoms with Crippen molar-refractivity contribution in [3.05, 3.63) is 12.2 Å². The van der Waals surface area contributed by atoms with Crippen molar-refractivity contribution in [1.82, 2.24) is 25.4 Å². The van der Waals surface area contributed by atoms with Gasteiger partial charge in [-0.15, -0.1) is 10.2 Å². The molecule has 1 saturated heterocycles. The van der Waals surface area contributed by atoms with Crippen LogP contribution in [-0.4, -0.2) is 39.8 Å². The summed E-state index contributed by atoms with van der Waals surface area (Å²) in [7, 11) is 1.90. The van der Waals surface area contributed by atoms with E-state index in [2.05, 4.69) is 20.8 Å². The van der Waals surface area contributed by atoms with E-state index in [1.165, 1.54) is 6.42 Å². The van der Waals surface area contributed by atoms with Gasteiger partial charge in [-0.1, -0.05) is 6.42 Å². The molecule has 0 saturated carbocycles. The average molecular weight is 237 g/mol. The SMILES string of the molecule is Cn1cnnc1CCNC(=O)[C@H]1CCCCN1. The molecule has 0 bridgehead atoms. The predicted octanol–water partition coefficient (Wildman–Crippen LogP) is -0.384. The standard InChI is InChI=1S/C11H19N5O/c1-16-8-14-15-10(16)5-7-13-11(17)9-4-2-3-6-12-9/h8-9,12H,2-7H2,1H3,(H,13,17)/t9-/m1/s1. The van der Waals surface area contributed by atoms with Gasteiger partial charge < -0.3 is 15.2 Å². The average Bonchev–Trinajstić information content (AvgIpc) is 2.76. The lowest BCUT2D eigenvalue weighted by Gasteiger charge is -2.22. The van der Waals surface area contributed by atoms with Crippen LogP contribution in [0.2, 0.25) is 0 Å². The number of hydrogen-bond donors (Lipinski definition) is 2. The van der Waals surface area contributed by atoms with Crippen molar-refractivity contribution in [2.45, 2.75) is 31.7 Å². The molecule has 1 aromatic heterocycles. The molecule has 0 aromatic carbocycles. The summed E-state index contributed by atoms with van der Waals surface area (Å²) in [6.07, 6.45) is 5.63. The van der Waals surface area contributed by atoms with E-state index in [4.69, 9.17) is 0 Å². The zero-order chi connectivity index (χ0) is 12.1. The lowest BCUT2D eigenvalue weighted by molar-refractivity contribution is -0.123. The molecular weight excluding hydrogens is 218 g/mol. The molecule has 2 rings (SSSR count). The molecule has 0 spiro atoms. The predicted molar refractivity (Wildman–Crippen MR) is 63.4 cm³/mol. The zero-order valence-corrected chi connectivity index (χ0v) is 10.1. The Bertz CT molecular complexity index is 370. The van der Waals surface area contributed by atoms with Crippen molar-refractivity contribution in [3.63, 3.8) is 0 Å². The fourth-order valence-corrected chi connectivity index (χ4v) is 2.03. The first-order chi connectivity index (χ1) is 8.27. The van der Waals surface area contributed by atoms with E-state index in [1.807, 2.05) is 11.6 Å². The van der Waals surface area contributed by atoms with Crippen LogP contribution in [0.1, 0.15) is 25.1 Å². The summed E-state index contributed by atoms with van der Waals surface area (Å²) in [6.45, 7) is 1.56. The Labute approximate surface area is 101 Å². The Kier molecular flexibility index (Phi) is 4.08. The zero-order valence-electron chi connectivity index (χ0n) is 10.1. The Morgan fingerprint density at radius 3 is 3.18 bits per heavy atom. The van der Waals surface area contributed by atoms with Crippen LogP contribution in [0.25, 0.3) is 0 Å². The maximum absolute atomic E-state index is 11.8. The lowest BCUT2D eigenvalue weighted by Crippen LogP contribution is -2.47. The topological polar surface area (TPSA) is 71.8 Å². The van der Waals surface area contributed by atoms with Crippen LogP contribution in [-0.2, 0) is 18.3 Å². The van der Waals surface area contributed by atoms with Gasteiger partial charge in [0.15, 0.2) is 0 Å². The Hall–Kier alpha value is -1.43. The number of nitrogens with zero attached hydrogens (tertiary/aromatic N) is 3. The van der Waals surface area contributed by atoms with Gasteiger partial charge in [-0.2, -0.15) is 0 Å². The van der Waals surface area contributed by atoms with Gasteiger partial charge in [-0.05, 0) is 19.4 Å². The quantitative estimate of drug-likeness (QED) is 0.748. The van der Waals surface area contributed by atoms with Gasteiger partial charge in [0.25, 0.3) is 0 Å². The largest absolute Gasteiger partial charge is 0.354 e. The molecule has 0 aliphatic carbocycles. The van der Waals surface area contributed by atoms with Crippen LogP contribution >= 0.6 is 0 Å². The lowest BCUT2D eigenvalue weighted by atomic mass is 10.0. The molecule has 1 aliphatic heterocycles. The Morgan fingerprint density at radius 2 is 2.53 bits per heavy atom. The minimum atomic E-state index is -0.0109. The molecule has 94 valence electrons. The van der Waals surface area contributed by atoms with Crippen LogP contribution in [0.4, 0.5) is 0 Å². The minimum absolute atomic E-state index is 0.0109. The Morgan fingerprint density at radius 1 is 1.65 bits per heavy atom. The molecule has 1 aromatic rings. The molecule has 1 fully saturated rings. The van der Waals surface area contributed by atoms with Crippen molar-refractivity contribution >= 4 is 5.91 Å². The molecule has 6 heteroatoms. The number of amides is 1. The molecule has 6 nitrogen and oxygen atoms in total. The molecule has 17 heavy (non-hydrogen) atoms. The van der Waals surface area contributed by atoms with E-state index >= 15 is 0 Å². The number of piperidine rings is 1. The first kappa shape index (κ1) is 12.0. The first-order valence-corrected chi connectivity index (χ1v) is 6.11. The normalized spacial score (nSPS) is 20.2.